The minimum absolute atomic E-state index is 0. The Morgan fingerprint density at radius 3 is 2.30 bits per heavy atom. The Hall–Kier alpha value is 0.0143. The largest absolute Gasteiger partial charge is 0.539 e. The Kier molecular flexibility index (Phi) is 9.03. The van der Waals surface area contributed by atoms with E-state index in [-0.39, 0.29) is 27.5 Å². The number of carbonyl (C=O) groups excluding carboxylic acids is 2. The fourth-order valence-corrected chi connectivity index (χ4v) is 0.401. The Morgan fingerprint density at radius 1 is 1.70 bits per heavy atom. The van der Waals surface area contributed by atoms with Crippen molar-refractivity contribution in [2.75, 3.05) is 6.61 Å². The molecule has 0 aliphatic carbocycles. The predicted molar refractivity (Wildman–Crippen MR) is 31.8 cm³/mol. The van der Waals surface area contributed by atoms with E-state index in [2.05, 4.69) is 4.74 Å². The molecule has 0 N–H and O–H groups in total. The molecule has 0 spiro atoms. The maximum Gasteiger partial charge on any atom is 0.131 e. The monoisotopic (exact) mass is 177 g/mol. The Bertz CT molecular complexity index is 114. The van der Waals surface area contributed by atoms with Crippen molar-refractivity contribution in [2.45, 2.75) is 20.0 Å². The van der Waals surface area contributed by atoms with E-state index in [1.807, 2.05) is 0 Å². The van der Waals surface area contributed by atoms with Gasteiger partial charge in [0.2, 0.25) is 0 Å². The first-order valence-electron chi connectivity index (χ1n) is 2.72. The van der Waals surface area contributed by atoms with Crippen molar-refractivity contribution >= 4 is 12.1 Å². The van der Waals surface area contributed by atoms with E-state index in [0.29, 0.717) is 6.61 Å². The zero-order valence-corrected chi connectivity index (χ0v) is 7.57. The van der Waals surface area contributed by atoms with Crippen LogP contribution in [-0.2, 0) is 36.0 Å². The van der Waals surface area contributed by atoms with Crippen molar-refractivity contribution in [1.29, 1.82) is 0 Å². The normalized spacial score (nSPS) is 11.4. The molecule has 0 fully saturated rings. The van der Waals surface area contributed by atoms with Gasteiger partial charge in [-0.1, -0.05) is 0 Å². The number of Topliss-reactive ketones (excluding diaryl/α,β-unsaturated/α-hetero) is 1. The maximum absolute atomic E-state index is 10.4. The molecule has 56 valence electrons. The van der Waals surface area contributed by atoms with Gasteiger partial charge in [-0.2, -0.15) is 0 Å². The van der Waals surface area contributed by atoms with Crippen molar-refractivity contribution in [1.82, 2.24) is 0 Å². The molecule has 0 aliphatic rings. The van der Waals surface area contributed by atoms with Gasteiger partial charge in [0.05, 0.1) is 0 Å². The van der Waals surface area contributed by atoms with Crippen molar-refractivity contribution in [3.8, 4) is 0 Å². The topological polar surface area (TPSA) is 43.4 Å². The van der Waals surface area contributed by atoms with Gasteiger partial charge in [-0.3, -0.25) is 4.79 Å². The van der Waals surface area contributed by atoms with Gasteiger partial charge in [-0.25, -0.2) is 6.29 Å². The van der Waals surface area contributed by atoms with Gasteiger partial charge in [0, 0.05) is 34.4 Å². The van der Waals surface area contributed by atoms with Crippen LogP contribution in [0.1, 0.15) is 13.8 Å². The molecule has 0 radical (unpaired) electrons. The van der Waals surface area contributed by atoms with Crippen LogP contribution in [0.3, 0.4) is 0 Å². The van der Waals surface area contributed by atoms with Crippen LogP contribution >= 0.6 is 0 Å². The van der Waals surface area contributed by atoms with Crippen LogP contribution in [0.5, 0.6) is 0 Å². The second kappa shape index (κ2) is 7.13. The molecular weight excluding hydrogens is 168 g/mol. The summed E-state index contributed by atoms with van der Waals surface area (Å²) in [4.78, 5) is 20.2. The molecule has 0 aromatic rings. The molecule has 3 nitrogen and oxygen atoms in total. The minimum Gasteiger partial charge on any atom is -0.539 e. The first-order chi connectivity index (χ1) is 4.22. The van der Waals surface area contributed by atoms with Crippen LogP contribution < -0.4 is 0 Å². The molecule has 10 heavy (non-hydrogen) atoms. The second-order valence-corrected chi connectivity index (χ2v) is 1.56. The van der Waals surface area contributed by atoms with Crippen LogP contribution in [0, 0.1) is 0 Å². The molecule has 0 aromatic carbocycles. The van der Waals surface area contributed by atoms with E-state index in [9.17, 15) is 9.59 Å². The fourth-order valence-electron chi connectivity index (χ4n) is 0.401. The summed E-state index contributed by atoms with van der Waals surface area (Å²) in [5, 5.41) is 0. The maximum atomic E-state index is 10.4. The number of ketones is 1. The standard InChI is InChI=1S/C6H9O3.Ti/c1-3-9-6(4-7)5(2)8;/h6H,3H2,1-2H3;/q-1;. The molecule has 0 heterocycles. The van der Waals surface area contributed by atoms with Crippen molar-refractivity contribution in [3.05, 3.63) is 0 Å². The smallest absolute Gasteiger partial charge is 0.131 e. The number of hydrogen-bond acceptors (Lipinski definition) is 3. The van der Waals surface area contributed by atoms with Crippen LogP contribution in [-0.4, -0.2) is 24.8 Å². The molecule has 4 heteroatoms. The molecule has 1 atom stereocenters. The first kappa shape index (κ1) is 12.7. The molecule has 0 amide bonds. The second-order valence-electron chi connectivity index (χ2n) is 1.56. The third-order valence-electron chi connectivity index (χ3n) is 0.810. The number of rotatable bonds is 4. The van der Waals surface area contributed by atoms with Gasteiger partial charge < -0.3 is 9.53 Å². The molecule has 0 aromatic heterocycles. The number of ether oxygens (including phenoxy) is 1. The predicted octanol–water partition coefficient (Wildman–Crippen LogP) is 0.0877. The zero-order valence-electron chi connectivity index (χ0n) is 6.01. The summed E-state index contributed by atoms with van der Waals surface area (Å²) in [6.07, 6.45) is 0.504. The average Bonchev–Trinajstić information content (AvgIpc) is 1.82. The van der Waals surface area contributed by atoms with Crippen LogP contribution in [0.2, 0.25) is 0 Å². The summed E-state index contributed by atoms with van der Waals surface area (Å²) in [5.74, 6) is -0.299. The zero-order chi connectivity index (χ0) is 7.28. The van der Waals surface area contributed by atoms with E-state index in [4.69, 9.17) is 0 Å². The summed E-state index contributed by atoms with van der Waals surface area (Å²) in [5.41, 5.74) is 0. The van der Waals surface area contributed by atoms with Crippen LogP contribution in [0.25, 0.3) is 0 Å². The summed E-state index contributed by atoms with van der Waals surface area (Å²) in [6.45, 7) is 3.37. The van der Waals surface area contributed by atoms with E-state index >= 15 is 0 Å². The van der Waals surface area contributed by atoms with Gasteiger partial charge in [0.1, 0.15) is 5.78 Å². The summed E-state index contributed by atoms with van der Waals surface area (Å²) in [7, 11) is 0. The number of carbonyl (C=O) groups is 1. The molecule has 0 rings (SSSR count). The van der Waals surface area contributed by atoms with Crippen molar-refractivity contribution < 1.29 is 36.0 Å². The van der Waals surface area contributed by atoms with Crippen molar-refractivity contribution in [3.63, 3.8) is 0 Å². The molecule has 0 saturated carbocycles. The van der Waals surface area contributed by atoms with E-state index in [0.717, 1.165) is 0 Å². The number of hydrogen-bond donors (Lipinski definition) is 0. The molecule has 0 aliphatic heterocycles. The first-order valence-corrected chi connectivity index (χ1v) is 2.72. The van der Waals surface area contributed by atoms with Crippen LogP contribution in [0.4, 0.5) is 0 Å². The average molecular weight is 177 g/mol. The molecule has 1 unspecified atom stereocenters. The van der Waals surface area contributed by atoms with Gasteiger partial charge in [-0.15, -0.1) is 0 Å². The van der Waals surface area contributed by atoms with Gasteiger partial charge in [0.25, 0.3) is 0 Å². The summed E-state index contributed by atoms with van der Waals surface area (Å²) in [6, 6.07) is 0. The van der Waals surface area contributed by atoms with Crippen LogP contribution in [0.15, 0.2) is 0 Å². The van der Waals surface area contributed by atoms with Gasteiger partial charge in [0.15, 0.2) is 0 Å². The van der Waals surface area contributed by atoms with Gasteiger partial charge >= 0.3 is 0 Å². The SMILES string of the molecule is CCOC([C-]=O)C(C)=O.[Ti]. The van der Waals surface area contributed by atoms with Gasteiger partial charge in [-0.05, 0) is 13.8 Å². The summed E-state index contributed by atoms with van der Waals surface area (Å²) >= 11 is 0. The summed E-state index contributed by atoms with van der Waals surface area (Å²) < 4.78 is 4.68. The third kappa shape index (κ3) is 4.85. The minimum atomic E-state index is -0.977. The third-order valence-corrected chi connectivity index (χ3v) is 0.810. The van der Waals surface area contributed by atoms with E-state index < -0.39 is 6.10 Å². The quantitative estimate of drug-likeness (QED) is 0.347. The fraction of sp³-hybridized carbons (Fsp3) is 0.667. The van der Waals surface area contributed by atoms with E-state index in [1.165, 1.54) is 13.2 Å². The Balaban J connectivity index is 0. The Labute approximate surface area is 75.0 Å². The molecule has 0 saturated heterocycles. The van der Waals surface area contributed by atoms with E-state index in [1.54, 1.807) is 6.92 Å². The Morgan fingerprint density at radius 2 is 2.20 bits per heavy atom. The molecule has 0 bridgehead atoms. The molecular formula is C6H9O3Ti-. The van der Waals surface area contributed by atoms with Crippen molar-refractivity contribution in [2.24, 2.45) is 0 Å².